The van der Waals surface area contributed by atoms with Gasteiger partial charge in [0.2, 0.25) is 15.9 Å². The molecule has 0 fully saturated rings. The molecule has 0 unspecified atom stereocenters. The summed E-state index contributed by atoms with van der Waals surface area (Å²) < 4.78 is 26.0. The van der Waals surface area contributed by atoms with Gasteiger partial charge in [-0.3, -0.25) is 9.10 Å². The molecule has 1 N–H and O–H groups in total. The first-order valence-corrected chi connectivity index (χ1v) is 11.6. The SMILES string of the molecule is C[C@H](C(=O)Nc1ccc2c3c(cccc13)CC2)N(c1ccc(Cl)cc1)S(C)(=O)=O. The smallest absolute Gasteiger partial charge is 0.248 e. The van der Waals surface area contributed by atoms with Crippen LogP contribution in [0.5, 0.6) is 0 Å². The Morgan fingerprint density at radius 1 is 1.03 bits per heavy atom. The van der Waals surface area contributed by atoms with Crippen LogP contribution in [0.1, 0.15) is 18.1 Å². The van der Waals surface area contributed by atoms with Crippen molar-refractivity contribution < 1.29 is 13.2 Å². The number of amides is 1. The van der Waals surface area contributed by atoms with Gasteiger partial charge in [0, 0.05) is 16.1 Å². The van der Waals surface area contributed by atoms with Gasteiger partial charge in [-0.25, -0.2) is 8.42 Å². The van der Waals surface area contributed by atoms with Gasteiger partial charge in [-0.2, -0.15) is 0 Å². The number of benzene rings is 3. The molecule has 0 radical (unpaired) electrons. The van der Waals surface area contributed by atoms with Gasteiger partial charge >= 0.3 is 0 Å². The first-order chi connectivity index (χ1) is 13.8. The molecule has 1 aliphatic carbocycles. The summed E-state index contributed by atoms with van der Waals surface area (Å²) in [7, 11) is -3.68. The van der Waals surface area contributed by atoms with Crippen LogP contribution in [0.25, 0.3) is 10.8 Å². The van der Waals surface area contributed by atoms with Crippen LogP contribution in [0, 0.1) is 0 Å². The number of carbonyl (C=O) groups is 1. The van der Waals surface area contributed by atoms with E-state index in [2.05, 4.69) is 11.4 Å². The topological polar surface area (TPSA) is 66.5 Å². The zero-order valence-electron chi connectivity index (χ0n) is 16.1. The van der Waals surface area contributed by atoms with E-state index in [1.807, 2.05) is 24.3 Å². The Hall–Kier alpha value is -2.57. The van der Waals surface area contributed by atoms with Gasteiger partial charge in [-0.1, -0.05) is 35.9 Å². The highest BCUT2D eigenvalue weighted by Crippen LogP contribution is 2.35. The highest BCUT2D eigenvalue weighted by molar-refractivity contribution is 7.92. The van der Waals surface area contributed by atoms with Crippen molar-refractivity contribution in [1.29, 1.82) is 0 Å². The fourth-order valence-corrected chi connectivity index (χ4v) is 5.29. The molecule has 0 saturated heterocycles. The van der Waals surface area contributed by atoms with E-state index in [9.17, 15) is 13.2 Å². The third-order valence-electron chi connectivity index (χ3n) is 5.30. The number of halogens is 1. The quantitative estimate of drug-likeness (QED) is 0.655. The first-order valence-electron chi connectivity index (χ1n) is 9.35. The summed E-state index contributed by atoms with van der Waals surface area (Å²) in [5.74, 6) is -0.399. The minimum atomic E-state index is -3.68. The molecule has 1 aliphatic rings. The lowest BCUT2D eigenvalue weighted by Crippen LogP contribution is -2.45. The average molecular weight is 429 g/mol. The Balaban J connectivity index is 1.67. The first kappa shape index (κ1) is 19.7. The van der Waals surface area contributed by atoms with E-state index in [0.717, 1.165) is 28.8 Å². The lowest BCUT2D eigenvalue weighted by atomic mass is 10.0. The molecule has 0 heterocycles. The van der Waals surface area contributed by atoms with Gasteiger partial charge in [-0.15, -0.1) is 0 Å². The van der Waals surface area contributed by atoms with Crippen molar-refractivity contribution in [1.82, 2.24) is 0 Å². The summed E-state index contributed by atoms with van der Waals surface area (Å²) in [5.41, 5.74) is 3.63. The maximum Gasteiger partial charge on any atom is 0.248 e. The van der Waals surface area contributed by atoms with Crippen molar-refractivity contribution in [3.8, 4) is 0 Å². The van der Waals surface area contributed by atoms with Crippen molar-refractivity contribution in [2.75, 3.05) is 15.9 Å². The second-order valence-corrected chi connectivity index (χ2v) is 9.61. The van der Waals surface area contributed by atoms with Gasteiger partial charge in [0.05, 0.1) is 11.9 Å². The van der Waals surface area contributed by atoms with Crippen molar-refractivity contribution in [3.63, 3.8) is 0 Å². The molecule has 5 nitrogen and oxygen atoms in total. The van der Waals surface area contributed by atoms with E-state index in [1.165, 1.54) is 16.5 Å². The van der Waals surface area contributed by atoms with Gasteiger partial charge < -0.3 is 5.32 Å². The summed E-state index contributed by atoms with van der Waals surface area (Å²) in [5, 5.41) is 5.59. The predicted molar refractivity (Wildman–Crippen MR) is 118 cm³/mol. The van der Waals surface area contributed by atoms with Crippen molar-refractivity contribution >= 4 is 49.7 Å². The zero-order valence-corrected chi connectivity index (χ0v) is 17.7. The van der Waals surface area contributed by atoms with Crippen LogP contribution in [-0.2, 0) is 27.7 Å². The van der Waals surface area contributed by atoms with Crippen molar-refractivity contribution in [2.45, 2.75) is 25.8 Å². The van der Waals surface area contributed by atoms with Crippen molar-refractivity contribution in [2.24, 2.45) is 0 Å². The van der Waals surface area contributed by atoms with E-state index < -0.39 is 22.0 Å². The molecular weight excluding hydrogens is 408 g/mol. The monoisotopic (exact) mass is 428 g/mol. The third-order valence-corrected chi connectivity index (χ3v) is 6.80. The Morgan fingerprint density at radius 2 is 1.69 bits per heavy atom. The summed E-state index contributed by atoms with van der Waals surface area (Å²) in [6, 6.07) is 15.5. The minimum Gasteiger partial charge on any atom is -0.324 e. The fraction of sp³-hybridized carbons (Fsp3) is 0.227. The molecule has 1 amide bonds. The molecular formula is C22H21ClN2O3S. The number of hydrogen-bond acceptors (Lipinski definition) is 3. The van der Waals surface area contributed by atoms with Crippen LogP contribution in [0.4, 0.5) is 11.4 Å². The van der Waals surface area contributed by atoms with Gasteiger partial charge in [0.15, 0.2) is 0 Å². The lowest BCUT2D eigenvalue weighted by Gasteiger charge is -2.28. The Morgan fingerprint density at radius 3 is 2.34 bits per heavy atom. The highest BCUT2D eigenvalue weighted by atomic mass is 35.5. The molecule has 4 rings (SSSR count). The second kappa shape index (κ2) is 7.35. The van der Waals surface area contributed by atoms with E-state index >= 15 is 0 Å². The Labute approximate surface area is 175 Å². The number of nitrogens with zero attached hydrogens (tertiary/aromatic N) is 1. The number of rotatable bonds is 5. The van der Waals surface area contributed by atoms with E-state index in [1.54, 1.807) is 31.2 Å². The maximum absolute atomic E-state index is 13.0. The summed E-state index contributed by atoms with van der Waals surface area (Å²) in [6.07, 6.45) is 3.09. The van der Waals surface area contributed by atoms with E-state index in [4.69, 9.17) is 11.6 Å². The molecule has 0 aliphatic heterocycles. The summed E-state index contributed by atoms with van der Waals surface area (Å²) in [4.78, 5) is 13.0. The number of nitrogens with one attached hydrogen (secondary N) is 1. The molecule has 29 heavy (non-hydrogen) atoms. The van der Waals surface area contributed by atoms with Crippen LogP contribution < -0.4 is 9.62 Å². The normalized spacial score (nSPS) is 14.0. The standard InChI is InChI=1S/C22H21ClN2O3S/c1-14(25(29(2,27)28)18-11-9-17(23)10-12-18)22(26)24-20-13-8-16-7-6-15-4-3-5-19(20)21(15)16/h3-5,8-14H,6-7H2,1-2H3,(H,24,26)/t14-/m1/s1. The van der Waals surface area contributed by atoms with Crippen LogP contribution >= 0.6 is 11.6 Å². The Kier molecular flexibility index (Phi) is 5.00. The van der Waals surface area contributed by atoms with E-state index in [0.29, 0.717) is 16.4 Å². The molecule has 0 saturated carbocycles. The second-order valence-electron chi connectivity index (χ2n) is 7.31. The highest BCUT2D eigenvalue weighted by Gasteiger charge is 2.29. The molecule has 0 bridgehead atoms. The van der Waals surface area contributed by atoms with Crippen LogP contribution in [-0.4, -0.2) is 26.6 Å². The van der Waals surface area contributed by atoms with Crippen LogP contribution in [0.15, 0.2) is 54.6 Å². The lowest BCUT2D eigenvalue weighted by molar-refractivity contribution is -0.116. The summed E-state index contributed by atoms with van der Waals surface area (Å²) >= 11 is 5.92. The van der Waals surface area contributed by atoms with Gasteiger partial charge in [0.25, 0.3) is 0 Å². The van der Waals surface area contributed by atoms with Gasteiger partial charge in [0.1, 0.15) is 6.04 Å². The Bertz CT molecular complexity index is 1200. The molecule has 3 aromatic rings. The summed E-state index contributed by atoms with van der Waals surface area (Å²) in [6.45, 7) is 1.57. The van der Waals surface area contributed by atoms with Crippen LogP contribution in [0.2, 0.25) is 5.02 Å². The zero-order chi connectivity index (χ0) is 20.8. The maximum atomic E-state index is 13.0. The fourth-order valence-electron chi connectivity index (χ4n) is 3.99. The number of anilines is 2. The number of sulfonamides is 1. The average Bonchev–Trinajstić information content (AvgIpc) is 3.09. The largest absolute Gasteiger partial charge is 0.324 e. The van der Waals surface area contributed by atoms with Crippen molar-refractivity contribution in [3.05, 3.63) is 70.7 Å². The molecule has 0 spiro atoms. The molecule has 3 aromatic carbocycles. The third kappa shape index (κ3) is 3.70. The van der Waals surface area contributed by atoms with E-state index in [-0.39, 0.29) is 0 Å². The number of hydrogen-bond donors (Lipinski definition) is 1. The van der Waals surface area contributed by atoms with Gasteiger partial charge in [-0.05, 0) is 66.6 Å². The molecule has 150 valence electrons. The molecule has 0 aromatic heterocycles. The number of aryl methyl sites for hydroxylation is 2. The minimum absolute atomic E-state index is 0.389. The predicted octanol–water partition coefficient (Wildman–Crippen LogP) is 4.39. The molecule has 1 atom stereocenters. The number of carbonyl (C=O) groups excluding carboxylic acids is 1. The molecule has 7 heteroatoms. The van der Waals surface area contributed by atoms with Crippen LogP contribution in [0.3, 0.4) is 0 Å².